The predicted molar refractivity (Wildman–Crippen MR) is 90.1 cm³/mol. The molecule has 0 aliphatic rings. The predicted octanol–water partition coefficient (Wildman–Crippen LogP) is 3.68. The standard InChI is InChI=1S/C17H25N3S/c1-12(2)18-9-5-6-16-19-20-17(21-16)11-15-8-7-13(3)14(4)10-15/h7-8,10,12,18H,5-6,9,11H2,1-4H3. The molecule has 2 aromatic rings. The van der Waals surface area contributed by atoms with Crippen molar-refractivity contribution < 1.29 is 0 Å². The summed E-state index contributed by atoms with van der Waals surface area (Å²) in [4.78, 5) is 0. The van der Waals surface area contributed by atoms with Crippen LogP contribution in [0.5, 0.6) is 0 Å². The van der Waals surface area contributed by atoms with Crippen LogP contribution in [0.3, 0.4) is 0 Å². The number of nitrogens with zero attached hydrogens (tertiary/aromatic N) is 2. The SMILES string of the molecule is Cc1ccc(Cc2nnc(CCCNC(C)C)s2)cc1C. The fourth-order valence-electron chi connectivity index (χ4n) is 2.18. The largest absolute Gasteiger partial charge is 0.315 e. The van der Waals surface area contributed by atoms with Gasteiger partial charge in [0.2, 0.25) is 0 Å². The summed E-state index contributed by atoms with van der Waals surface area (Å²) in [5.74, 6) is 0. The number of nitrogens with one attached hydrogen (secondary N) is 1. The number of benzene rings is 1. The van der Waals surface area contributed by atoms with E-state index in [-0.39, 0.29) is 0 Å². The Bertz CT molecular complexity index is 575. The molecule has 0 radical (unpaired) electrons. The van der Waals surface area contributed by atoms with E-state index in [4.69, 9.17) is 0 Å². The molecule has 114 valence electrons. The summed E-state index contributed by atoms with van der Waals surface area (Å²) in [5.41, 5.74) is 4.01. The zero-order valence-corrected chi connectivity index (χ0v) is 14.3. The van der Waals surface area contributed by atoms with Crippen molar-refractivity contribution in [3.63, 3.8) is 0 Å². The lowest BCUT2D eigenvalue weighted by Gasteiger charge is -2.05. The maximum Gasteiger partial charge on any atom is 0.121 e. The highest BCUT2D eigenvalue weighted by atomic mass is 32.1. The minimum absolute atomic E-state index is 0.555. The first-order valence-electron chi connectivity index (χ1n) is 7.65. The Morgan fingerprint density at radius 3 is 2.57 bits per heavy atom. The van der Waals surface area contributed by atoms with E-state index in [0.29, 0.717) is 6.04 Å². The first-order chi connectivity index (χ1) is 10.0. The van der Waals surface area contributed by atoms with Crippen molar-refractivity contribution in [2.24, 2.45) is 0 Å². The van der Waals surface area contributed by atoms with Crippen molar-refractivity contribution in [2.45, 2.75) is 53.0 Å². The highest BCUT2D eigenvalue weighted by Crippen LogP contribution is 2.18. The second-order valence-corrected chi connectivity index (χ2v) is 7.04. The second kappa shape index (κ2) is 7.66. The molecule has 3 nitrogen and oxygen atoms in total. The monoisotopic (exact) mass is 303 g/mol. The molecule has 0 bridgehead atoms. The molecule has 1 aromatic carbocycles. The maximum atomic E-state index is 4.33. The third kappa shape index (κ3) is 5.21. The molecule has 0 saturated carbocycles. The van der Waals surface area contributed by atoms with E-state index in [2.05, 4.69) is 61.4 Å². The van der Waals surface area contributed by atoms with Gasteiger partial charge < -0.3 is 5.32 Å². The average Bonchev–Trinajstić information content (AvgIpc) is 2.86. The Kier molecular flexibility index (Phi) is 5.88. The molecular formula is C17H25N3S. The van der Waals surface area contributed by atoms with Crippen LogP contribution in [0.25, 0.3) is 0 Å². The van der Waals surface area contributed by atoms with Crippen molar-refractivity contribution in [3.05, 3.63) is 44.9 Å². The van der Waals surface area contributed by atoms with E-state index < -0.39 is 0 Å². The summed E-state index contributed by atoms with van der Waals surface area (Å²) in [6.07, 6.45) is 3.03. The van der Waals surface area contributed by atoms with Crippen LogP contribution in [-0.2, 0) is 12.8 Å². The fraction of sp³-hybridized carbons (Fsp3) is 0.529. The third-order valence-electron chi connectivity index (χ3n) is 3.56. The fourth-order valence-corrected chi connectivity index (χ4v) is 3.10. The lowest BCUT2D eigenvalue weighted by molar-refractivity contribution is 0.569. The highest BCUT2D eigenvalue weighted by molar-refractivity contribution is 7.11. The van der Waals surface area contributed by atoms with E-state index in [9.17, 15) is 0 Å². The van der Waals surface area contributed by atoms with Crippen LogP contribution in [0, 0.1) is 13.8 Å². The zero-order chi connectivity index (χ0) is 15.2. The van der Waals surface area contributed by atoms with Crippen LogP contribution < -0.4 is 5.32 Å². The topological polar surface area (TPSA) is 37.8 Å². The van der Waals surface area contributed by atoms with Crippen LogP contribution in [0.15, 0.2) is 18.2 Å². The Morgan fingerprint density at radius 1 is 1.10 bits per heavy atom. The molecule has 0 aliphatic heterocycles. The van der Waals surface area contributed by atoms with Crippen LogP contribution in [0.1, 0.15) is 47.0 Å². The van der Waals surface area contributed by atoms with E-state index in [0.717, 1.165) is 35.8 Å². The van der Waals surface area contributed by atoms with Gasteiger partial charge >= 0.3 is 0 Å². The van der Waals surface area contributed by atoms with Crippen LogP contribution >= 0.6 is 11.3 Å². The first kappa shape index (κ1) is 16.1. The molecule has 1 N–H and O–H groups in total. The number of hydrogen-bond acceptors (Lipinski definition) is 4. The highest BCUT2D eigenvalue weighted by Gasteiger charge is 2.06. The second-order valence-electron chi connectivity index (χ2n) is 5.90. The third-order valence-corrected chi connectivity index (χ3v) is 4.54. The minimum atomic E-state index is 0.555. The Hall–Kier alpha value is -1.26. The van der Waals surface area contributed by atoms with E-state index in [1.807, 2.05) is 0 Å². The van der Waals surface area contributed by atoms with Gasteiger partial charge in [0.1, 0.15) is 10.0 Å². The molecule has 2 rings (SSSR count). The quantitative estimate of drug-likeness (QED) is 0.793. The zero-order valence-electron chi connectivity index (χ0n) is 13.4. The van der Waals surface area contributed by atoms with Gasteiger partial charge in [-0.3, -0.25) is 0 Å². The first-order valence-corrected chi connectivity index (χ1v) is 8.47. The van der Waals surface area contributed by atoms with E-state index in [1.165, 1.54) is 16.7 Å². The molecular weight excluding hydrogens is 278 g/mol. The number of rotatable bonds is 7. The van der Waals surface area contributed by atoms with Crippen LogP contribution in [-0.4, -0.2) is 22.8 Å². The molecule has 0 unspecified atom stereocenters. The van der Waals surface area contributed by atoms with Gasteiger partial charge in [-0.25, -0.2) is 0 Å². The van der Waals surface area contributed by atoms with Crippen LogP contribution in [0.2, 0.25) is 0 Å². The number of aromatic nitrogens is 2. The van der Waals surface area contributed by atoms with Gasteiger partial charge in [0, 0.05) is 18.9 Å². The van der Waals surface area contributed by atoms with Gasteiger partial charge in [0.05, 0.1) is 0 Å². The van der Waals surface area contributed by atoms with E-state index >= 15 is 0 Å². The van der Waals surface area contributed by atoms with Gasteiger partial charge in [-0.15, -0.1) is 21.5 Å². The van der Waals surface area contributed by atoms with Gasteiger partial charge in [0.25, 0.3) is 0 Å². The Labute approximate surface area is 131 Å². The summed E-state index contributed by atoms with van der Waals surface area (Å²) in [7, 11) is 0. The maximum absolute atomic E-state index is 4.33. The summed E-state index contributed by atoms with van der Waals surface area (Å²) in [6.45, 7) is 9.70. The van der Waals surface area contributed by atoms with Crippen molar-refractivity contribution in [2.75, 3.05) is 6.54 Å². The number of hydrogen-bond donors (Lipinski definition) is 1. The summed E-state index contributed by atoms with van der Waals surface area (Å²) in [6, 6.07) is 7.18. The molecule has 4 heteroatoms. The van der Waals surface area contributed by atoms with Gasteiger partial charge in [-0.1, -0.05) is 32.0 Å². The van der Waals surface area contributed by atoms with Crippen molar-refractivity contribution in [1.82, 2.24) is 15.5 Å². The van der Waals surface area contributed by atoms with Crippen molar-refractivity contribution in [3.8, 4) is 0 Å². The Morgan fingerprint density at radius 2 is 1.86 bits per heavy atom. The van der Waals surface area contributed by atoms with Crippen LogP contribution in [0.4, 0.5) is 0 Å². The van der Waals surface area contributed by atoms with Crippen molar-refractivity contribution >= 4 is 11.3 Å². The number of aryl methyl sites for hydroxylation is 3. The summed E-state index contributed by atoms with van der Waals surface area (Å²) >= 11 is 1.75. The molecule has 0 amide bonds. The molecule has 1 aromatic heterocycles. The van der Waals surface area contributed by atoms with Gasteiger partial charge in [0.15, 0.2) is 0 Å². The molecule has 0 aliphatic carbocycles. The van der Waals surface area contributed by atoms with E-state index in [1.54, 1.807) is 11.3 Å². The normalized spacial score (nSPS) is 11.3. The molecule has 0 atom stereocenters. The van der Waals surface area contributed by atoms with Gasteiger partial charge in [-0.2, -0.15) is 0 Å². The molecule has 0 spiro atoms. The molecule has 0 saturated heterocycles. The van der Waals surface area contributed by atoms with Gasteiger partial charge in [-0.05, 0) is 43.5 Å². The lowest BCUT2D eigenvalue weighted by Crippen LogP contribution is -2.23. The minimum Gasteiger partial charge on any atom is -0.315 e. The smallest absolute Gasteiger partial charge is 0.121 e. The Balaban J connectivity index is 1.86. The lowest BCUT2D eigenvalue weighted by atomic mass is 10.0. The molecule has 21 heavy (non-hydrogen) atoms. The molecule has 0 fully saturated rings. The summed E-state index contributed by atoms with van der Waals surface area (Å²) in [5, 5.41) is 14.3. The molecule has 1 heterocycles. The summed E-state index contributed by atoms with van der Waals surface area (Å²) < 4.78 is 0. The average molecular weight is 303 g/mol. The van der Waals surface area contributed by atoms with Crippen molar-refractivity contribution in [1.29, 1.82) is 0 Å².